The van der Waals surface area contributed by atoms with E-state index >= 15 is 0 Å². The number of hydrogen-bond acceptors (Lipinski definition) is 5. The van der Waals surface area contributed by atoms with Crippen molar-refractivity contribution in [3.05, 3.63) is 35.9 Å². The first-order valence-corrected chi connectivity index (χ1v) is 7.49. The van der Waals surface area contributed by atoms with Gasteiger partial charge in [0.05, 0.1) is 6.07 Å². The molecule has 1 aromatic carbocycles. The highest BCUT2D eigenvalue weighted by Crippen LogP contribution is 2.14. The monoisotopic (exact) mass is 331 g/mol. The van der Waals surface area contributed by atoms with Crippen LogP contribution in [-0.4, -0.2) is 36.5 Å². The van der Waals surface area contributed by atoms with Crippen LogP contribution in [0.1, 0.15) is 31.1 Å². The highest BCUT2D eigenvalue weighted by Gasteiger charge is 2.30. The van der Waals surface area contributed by atoms with Crippen molar-refractivity contribution in [3.8, 4) is 6.07 Å². The fourth-order valence-electron chi connectivity index (χ4n) is 1.67. The summed E-state index contributed by atoms with van der Waals surface area (Å²) in [5.41, 5.74) is -0.616. The standard InChI is InChI=1S/C17H21N3O4/c1-12(2)17(3,11-18)20-14(21)10-24-15(22)9-19-16(23)13-7-5-4-6-8-13/h4-8,12H,9-10H2,1-3H3,(H,19,23)(H,20,21)/t17-/m1/s1. The summed E-state index contributed by atoms with van der Waals surface area (Å²) in [6, 6.07) is 10.4. The molecule has 2 amide bonds. The van der Waals surface area contributed by atoms with Crippen LogP contribution in [0, 0.1) is 17.2 Å². The van der Waals surface area contributed by atoms with Crippen LogP contribution in [0.25, 0.3) is 0 Å². The van der Waals surface area contributed by atoms with Crippen LogP contribution in [0.2, 0.25) is 0 Å². The third kappa shape index (κ3) is 5.72. The lowest BCUT2D eigenvalue weighted by Crippen LogP contribution is -2.50. The zero-order chi connectivity index (χ0) is 18.2. The van der Waals surface area contributed by atoms with E-state index in [9.17, 15) is 14.4 Å². The average Bonchev–Trinajstić information content (AvgIpc) is 2.58. The minimum Gasteiger partial charge on any atom is -0.454 e. The van der Waals surface area contributed by atoms with Gasteiger partial charge in [0.2, 0.25) is 0 Å². The fourth-order valence-corrected chi connectivity index (χ4v) is 1.67. The third-order valence-electron chi connectivity index (χ3n) is 3.58. The molecule has 0 fully saturated rings. The number of benzene rings is 1. The molecule has 0 saturated heterocycles. The van der Waals surface area contributed by atoms with Crippen LogP contribution in [0.3, 0.4) is 0 Å². The zero-order valence-corrected chi connectivity index (χ0v) is 14.0. The van der Waals surface area contributed by atoms with Crippen LogP contribution >= 0.6 is 0 Å². The van der Waals surface area contributed by atoms with Crippen molar-refractivity contribution in [2.24, 2.45) is 5.92 Å². The smallest absolute Gasteiger partial charge is 0.325 e. The van der Waals surface area contributed by atoms with Crippen LogP contribution in [0.4, 0.5) is 0 Å². The van der Waals surface area contributed by atoms with Crippen molar-refractivity contribution in [1.29, 1.82) is 5.26 Å². The molecule has 24 heavy (non-hydrogen) atoms. The molecular weight excluding hydrogens is 310 g/mol. The van der Waals surface area contributed by atoms with Crippen LogP contribution in [0.15, 0.2) is 30.3 Å². The van der Waals surface area contributed by atoms with E-state index in [0.717, 1.165) is 0 Å². The molecule has 0 saturated carbocycles. The number of esters is 1. The van der Waals surface area contributed by atoms with E-state index in [1.165, 1.54) is 0 Å². The Morgan fingerprint density at radius 3 is 2.42 bits per heavy atom. The van der Waals surface area contributed by atoms with E-state index in [-0.39, 0.29) is 12.5 Å². The van der Waals surface area contributed by atoms with Gasteiger partial charge in [0.15, 0.2) is 6.61 Å². The summed E-state index contributed by atoms with van der Waals surface area (Å²) < 4.78 is 4.79. The van der Waals surface area contributed by atoms with Crippen molar-refractivity contribution in [3.63, 3.8) is 0 Å². The van der Waals surface area contributed by atoms with E-state index in [1.54, 1.807) is 51.1 Å². The molecule has 1 aromatic rings. The molecular formula is C17H21N3O4. The number of rotatable bonds is 7. The van der Waals surface area contributed by atoms with E-state index in [4.69, 9.17) is 10.00 Å². The first-order chi connectivity index (χ1) is 11.3. The maximum absolute atomic E-state index is 11.8. The largest absolute Gasteiger partial charge is 0.454 e. The molecule has 7 nitrogen and oxygen atoms in total. The van der Waals surface area contributed by atoms with E-state index in [2.05, 4.69) is 10.6 Å². The Bertz CT molecular complexity index is 637. The number of nitrogens with zero attached hydrogens (tertiary/aromatic N) is 1. The molecule has 1 atom stereocenters. The van der Waals surface area contributed by atoms with Gasteiger partial charge in [0, 0.05) is 5.56 Å². The number of amides is 2. The van der Waals surface area contributed by atoms with Gasteiger partial charge in [-0.1, -0.05) is 32.0 Å². The minimum absolute atomic E-state index is 0.104. The Labute approximate surface area is 141 Å². The summed E-state index contributed by atoms with van der Waals surface area (Å²) in [5.74, 6) is -1.82. The van der Waals surface area contributed by atoms with Crippen LogP contribution < -0.4 is 10.6 Å². The lowest BCUT2D eigenvalue weighted by molar-refractivity contribution is -0.147. The van der Waals surface area contributed by atoms with E-state index < -0.39 is 29.9 Å². The van der Waals surface area contributed by atoms with Crippen molar-refractivity contribution in [1.82, 2.24) is 10.6 Å². The summed E-state index contributed by atoms with van der Waals surface area (Å²) in [4.78, 5) is 35.1. The number of nitrogens with one attached hydrogen (secondary N) is 2. The predicted molar refractivity (Wildman–Crippen MR) is 86.7 cm³/mol. The second-order valence-electron chi connectivity index (χ2n) is 5.73. The topological polar surface area (TPSA) is 108 Å². The van der Waals surface area contributed by atoms with Gasteiger partial charge in [-0.25, -0.2) is 0 Å². The maximum atomic E-state index is 11.8. The second kappa shape index (κ2) is 8.67. The predicted octanol–water partition coefficient (Wildman–Crippen LogP) is 1.01. The Morgan fingerprint density at radius 1 is 1.25 bits per heavy atom. The number of nitriles is 1. The molecule has 7 heteroatoms. The van der Waals surface area contributed by atoms with Crippen molar-refractivity contribution in [2.45, 2.75) is 26.3 Å². The summed E-state index contributed by atoms with van der Waals surface area (Å²) in [6.07, 6.45) is 0. The Kier molecular flexibility index (Phi) is 6.93. The van der Waals surface area contributed by atoms with Crippen molar-refractivity contribution in [2.75, 3.05) is 13.2 Å². The first-order valence-electron chi connectivity index (χ1n) is 7.49. The lowest BCUT2D eigenvalue weighted by Gasteiger charge is -2.27. The Balaban J connectivity index is 2.37. The lowest BCUT2D eigenvalue weighted by atomic mass is 9.90. The molecule has 0 aliphatic rings. The average molecular weight is 331 g/mol. The minimum atomic E-state index is -1.04. The molecule has 0 heterocycles. The quantitative estimate of drug-likeness (QED) is 0.725. The molecule has 0 radical (unpaired) electrons. The number of carbonyl (C=O) groups is 3. The van der Waals surface area contributed by atoms with Crippen molar-refractivity contribution < 1.29 is 19.1 Å². The van der Waals surface area contributed by atoms with E-state index in [0.29, 0.717) is 5.56 Å². The molecule has 0 aromatic heterocycles. The summed E-state index contributed by atoms with van der Waals surface area (Å²) in [6.45, 7) is 4.34. The highest BCUT2D eigenvalue weighted by atomic mass is 16.5. The van der Waals surface area contributed by atoms with Gasteiger partial charge in [-0.15, -0.1) is 0 Å². The normalized spacial score (nSPS) is 12.6. The number of ether oxygens (including phenoxy) is 1. The van der Waals surface area contributed by atoms with Gasteiger partial charge in [0.25, 0.3) is 11.8 Å². The molecule has 0 unspecified atom stereocenters. The van der Waals surface area contributed by atoms with Gasteiger partial charge in [-0.3, -0.25) is 14.4 Å². The third-order valence-corrected chi connectivity index (χ3v) is 3.58. The van der Waals surface area contributed by atoms with Gasteiger partial charge in [-0.05, 0) is 25.0 Å². The van der Waals surface area contributed by atoms with E-state index in [1.807, 2.05) is 6.07 Å². The number of carbonyl (C=O) groups excluding carboxylic acids is 3. The second-order valence-corrected chi connectivity index (χ2v) is 5.73. The van der Waals surface area contributed by atoms with Gasteiger partial charge in [-0.2, -0.15) is 5.26 Å². The fraction of sp³-hybridized carbons (Fsp3) is 0.412. The zero-order valence-electron chi connectivity index (χ0n) is 14.0. The summed E-state index contributed by atoms with van der Waals surface area (Å²) >= 11 is 0. The highest BCUT2D eigenvalue weighted by molar-refractivity contribution is 5.96. The summed E-state index contributed by atoms with van der Waals surface area (Å²) in [7, 11) is 0. The van der Waals surface area contributed by atoms with Crippen LogP contribution in [-0.2, 0) is 14.3 Å². The van der Waals surface area contributed by atoms with Gasteiger partial charge in [0.1, 0.15) is 12.1 Å². The molecule has 0 bridgehead atoms. The summed E-state index contributed by atoms with van der Waals surface area (Å²) in [5, 5.41) is 14.0. The van der Waals surface area contributed by atoms with Gasteiger partial charge < -0.3 is 15.4 Å². The molecule has 0 aliphatic heterocycles. The SMILES string of the molecule is CC(C)[C@@](C)(C#N)NC(=O)COC(=O)CNC(=O)c1ccccc1. The molecule has 2 N–H and O–H groups in total. The number of hydrogen-bond donors (Lipinski definition) is 2. The molecule has 0 spiro atoms. The maximum Gasteiger partial charge on any atom is 0.325 e. The first kappa shape index (κ1) is 19.2. The van der Waals surface area contributed by atoms with Crippen molar-refractivity contribution >= 4 is 17.8 Å². The molecule has 128 valence electrons. The Hall–Kier alpha value is -2.88. The van der Waals surface area contributed by atoms with Crippen LogP contribution in [0.5, 0.6) is 0 Å². The molecule has 1 rings (SSSR count). The Morgan fingerprint density at radius 2 is 1.88 bits per heavy atom. The van der Waals surface area contributed by atoms with Gasteiger partial charge >= 0.3 is 5.97 Å². The molecule has 0 aliphatic carbocycles.